The number of carbonyl (C=O) groups is 2. The van der Waals surface area contributed by atoms with E-state index in [1.165, 1.54) is 4.68 Å². The van der Waals surface area contributed by atoms with Crippen molar-refractivity contribution in [2.45, 2.75) is 24.3 Å². The van der Waals surface area contributed by atoms with Crippen LogP contribution in [-0.2, 0) is 4.79 Å². The van der Waals surface area contributed by atoms with Crippen molar-refractivity contribution in [3.8, 4) is 11.4 Å². The van der Waals surface area contributed by atoms with Gasteiger partial charge in [0.25, 0.3) is 0 Å². The summed E-state index contributed by atoms with van der Waals surface area (Å²) in [6.07, 6.45) is 0. The summed E-state index contributed by atoms with van der Waals surface area (Å²) < 4.78 is 1.29. The van der Waals surface area contributed by atoms with Gasteiger partial charge in [-0.3, -0.25) is 10.1 Å². The Labute approximate surface area is 147 Å². The molecule has 10 heteroatoms. The first kappa shape index (κ1) is 18.1. The summed E-state index contributed by atoms with van der Waals surface area (Å²) in [6.45, 7) is 3.69. The van der Waals surface area contributed by atoms with Crippen molar-refractivity contribution in [3.63, 3.8) is 0 Å². The average molecular weight is 369 g/mol. The van der Waals surface area contributed by atoms with Crippen LogP contribution < -0.4 is 16.9 Å². The Kier molecular flexibility index (Phi) is 5.68. The van der Waals surface area contributed by atoms with Crippen molar-refractivity contribution in [1.82, 2.24) is 20.2 Å². The van der Waals surface area contributed by atoms with Crippen molar-refractivity contribution in [2.24, 2.45) is 11.7 Å². The molecule has 8 nitrogen and oxygen atoms in total. The van der Waals surface area contributed by atoms with Gasteiger partial charge in [-0.05, 0) is 30.2 Å². The van der Waals surface area contributed by atoms with Crippen LogP contribution in [0.4, 0.5) is 4.79 Å². The molecule has 1 aromatic carbocycles. The van der Waals surface area contributed by atoms with Crippen molar-refractivity contribution in [1.29, 1.82) is 0 Å². The van der Waals surface area contributed by atoms with E-state index < -0.39 is 17.2 Å². The molecule has 2 aromatic rings. The molecule has 1 aromatic heterocycles. The number of nitrogens with one attached hydrogen (secondary N) is 1. The van der Waals surface area contributed by atoms with E-state index in [-0.39, 0.29) is 5.92 Å². The lowest BCUT2D eigenvalue weighted by molar-refractivity contribution is -0.120. The van der Waals surface area contributed by atoms with E-state index in [4.69, 9.17) is 23.2 Å². The van der Waals surface area contributed by atoms with Gasteiger partial charge in [0.15, 0.2) is 5.82 Å². The minimum absolute atomic E-state index is 0.0787. The highest BCUT2D eigenvalue weighted by atomic mass is 35.5. The number of nitrogens with zero attached hydrogens (tertiary/aromatic N) is 3. The number of halogens is 1. The molecule has 0 aliphatic heterocycles. The van der Waals surface area contributed by atoms with E-state index in [9.17, 15) is 9.59 Å². The van der Waals surface area contributed by atoms with Gasteiger partial charge in [-0.25, -0.2) is 9.47 Å². The maximum absolute atomic E-state index is 12.1. The second-order valence-electron chi connectivity index (χ2n) is 5.32. The van der Waals surface area contributed by atoms with Gasteiger partial charge in [0.2, 0.25) is 11.1 Å². The molecule has 0 radical (unpaired) electrons. The Morgan fingerprint density at radius 1 is 1.25 bits per heavy atom. The number of rotatable bonds is 5. The fourth-order valence-electron chi connectivity index (χ4n) is 1.95. The summed E-state index contributed by atoms with van der Waals surface area (Å²) in [6, 6.07) is 6.07. The molecule has 1 atom stereocenters. The van der Waals surface area contributed by atoms with Crippen LogP contribution in [0, 0.1) is 5.92 Å². The van der Waals surface area contributed by atoms with Gasteiger partial charge in [-0.1, -0.05) is 37.2 Å². The van der Waals surface area contributed by atoms with Crippen molar-refractivity contribution < 1.29 is 9.59 Å². The molecule has 5 N–H and O–H groups in total. The summed E-state index contributed by atoms with van der Waals surface area (Å²) in [5.41, 5.74) is 5.74. The average Bonchev–Trinajstić information content (AvgIpc) is 2.85. The number of urea groups is 1. The lowest BCUT2D eigenvalue weighted by Crippen LogP contribution is -2.42. The fraction of sp³-hybridized carbons (Fsp3) is 0.286. The van der Waals surface area contributed by atoms with Crippen LogP contribution in [0.3, 0.4) is 0 Å². The summed E-state index contributed by atoms with van der Waals surface area (Å²) in [7, 11) is 0. The zero-order valence-corrected chi connectivity index (χ0v) is 14.6. The van der Waals surface area contributed by atoms with Gasteiger partial charge in [0.1, 0.15) is 0 Å². The summed E-state index contributed by atoms with van der Waals surface area (Å²) in [5, 5.41) is 10.5. The number of nitrogens with two attached hydrogens (primary N) is 2. The number of hydrogen-bond acceptors (Lipinski definition) is 6. The van der Waals surface area contributed by atoms with Crippen LogP contribution in [0.15, 0.2) is 29.4 Å². The molecule has 128 valence electrons. The van der Waals surface area contributed by atoms with Gasteiger partial charge < -0.3 is 11.6 Å². The number of carbonyl (C=O) groups excluding carboxylic acids is 2. The highest BCUT2D eigenvalue weighted by Crippen LogP contribution is 2.29. The summed E-state index contributed by atoms with van der Waals surface area (Å²) in [5.74, 6) is 5.89. The van der Waals surface area contributed by atoms with Crippen LogP contribution in [0.5, 0.6) is 0 Å². The second-order valence-corrected chi connectivity index (χ2v) is 6.86. The van der Waals surface area contributed by atoms with Crippen LogP contribution in [0.25, 0.3) is 11.4 Å². The van der Waals surface area contributed by atoms with E-state index in [2.05, 4.69) is 15.5 Å². The maximum Gasteiger partial charge on any atom is 0.318 e. The normalized spacial score (nSPS) is 12.2. The number of aromatic nitrogens is 3. The number of amides is 3. The molecule has 24 heavy (non-hydrogen) atoms. The first-order valence-electron chi connectivity index (χ1n) is 7.03. The molecule has 0 saturated carbocycles. The summed E-state index contributed by atoms with van der Waals surface area (Å²) in [4.78, 5) is 23.0. The number of thioether (sulfide) groups is 1. The van der Waals surface area contributed by atoms with Gasteiger partial charge in [0.05, 0.1) is 5.25 Å². The quantitative estimate of drug-likeness (QED) is 0.543. The number of primary amides is 1. The van der Waals surface area contributed by atoms with Gasteiger partial charge in [-0.15, -0.1) is 10.2 Å². The van der Waals surface area contributed by atoms with Crippen LogP contribution in [0.2, 0.25) is 5.02 Å². The van der Waals surface area contributed by atoms with Gasteiger partial charge >= 0.3 is 6.03 Å². The molecule has 0 fully saturated rings. The first-order valence-corrected chi connectivity index (χ1v) is 8.28. The molecule has 3 amide bonds. The zero-order valence-electron chi connectivity index (χ0n) is 13.1. The summed E-state index contributed by atoms with van der Waals surface area (Å²) >= 11 is 6.97. The second kappa shape index (κ2) is 7.54. The smallest absolute Gasteiger partial charge is 0.318 e. The highest BCUT2D eigenvalue weighted by Gasteiger charge is 2.27. The third-order valence-corrected chi connectivity index (χ3v) is 4.86. The van der Waals surface area contributed by atoms with Crippen molar-refractivity contribution in [3.05, 3.63) is 29.3 Å². The Balaban J connectivity index is 2.24. The molecule has 0 aliphatic rings. The SMILES string of the molecule is CC(C)[C@@H](Sc1nnc(-c2ccc(Cl)cc2)n1N)C(=O)NC(N)=O. The monoisotopic (exact) mass is 368 g/mol. The van der Waals surface area contributed by atoms with Gasteiger partial charge in [-0.2, -0.15) is 0 Å². The molecular formula is C14H17ClN6O2S. The standard InChI is InChI=1S/C14H17ClN6O2S/c1-7(2)10(12(22)18-13(16)23)24-14-20-19-11(21(14)17)8-3-5-9(15)6-4-8/h3-7,10H,17H2,1-2H3,(H3,16,18,22,23)/t10-/m1/s1. The number of imide groups is 1. The predicted molar refractivity (Wildman–Crippen MR) is 92.8 cm³/mol. The Bertz CT molecular complexity index is 746. The van der Waals surface area contributed by atoms with Crippen molar-refractivity contribution in [2.75, 3.05) is 5.84 Å². The Hall–Kier alpha value is -2.26. The molecular weight excluding hydrogens is 352 g/mol. The van der Waals surface area contributed by atoms with Crippen LogP contribution in [-0.4, -0.2) is 32.1 Å². The largest absolute Gasteiger partial charge is 0.351 e. The molecule has 1 heterocycles. The van der Waals surface area contributed by atoms with Crippen LogP contribution in [0.1, 0.15) is 13.8 Å². The molecule has 2 rings (SSSR count). The molecule has 0 aliphatic carbocycles. The third-order valence-electron chi connectivity index (χ3n) is 3.11. The molecule has 0 spiro atoms. The maximum atomic E-state index is 12.1. The zero-order chi connectivity index (χ0) is 17.9. The molecule has 0 saturated heterocycles. The molecule has 0 bridgehead atoms. The Morgan fingerprint density at radius 2 is 1.88 bits per heavy atom. The number of benzene rings is 1. The lowest BCUT2D eigenvalue weighted by atomic mass is 10.1. The predicted octanol–water partition coefficient (Wildman–Crippen LogP) is 1.62. The third kappa shape index (κ3) is 4.18. The van der Waals surface area contributed by atoms with E-state index in [0.717, 1.165) is 17.3 Å². The van der Waals surface area contributed by atoms with E-state index >= 15 is 0 Å². The van der Waals surface area contributed by atoms with E-state index in [0.29, 0.717) is 16.0 Å². The molecule has 0 unspecified atom stereocenters. The number of hydrogen-bond donors (Lipinski definition) is 3. The first-order chi connectivity index (χ1) is 11.3. The lowest BCUT2D eigenvalue weighted by Gasteiger charge is -2.17. The highest BCUT2D eigenvalue weighted by molar-refractivity contribution is 8.00. The Morgan fingerprint density at radius 3 is 2.42 bits per heavy atom. The van der Waals surface area contributed by atoms with Gasteiger partial charge in [0, 0.05) is 10.6 Å². The van der Waals surface area contributed by atoms with Crippen LogP contribution >= 0.6 is 23.4 Å². The fourth-order valence-corrected chi connectivity index (χ4v) is 3.03. The van der Waals surface area contributed by atoms with Crippen molar-refractivity contribution >= 4 is 35.3 Å². The van der Waals surface area contributed by atoms with E-state index in [1.54, 1.807) is 24.3 Å². The van der Waals surface area contributed by atoms with E-state index in [1.807, 2.05) is 13.8 Å². The number of nitrogen functional groups attached to an aromatic ring is 1. The minimum atomic E-state index is -0.901. The topological polar surface area (TPSA) is 129 Å². The minimum Gasteiger partial charge on any atom is -0.351 e.